The van der Waals surface area contributed by atoms with E-state index < -0.39 is 0 Å². The van der Waals surface area contributed by atoms with Gasteiger partial charge >= 0.3 is 0 Å². The molecule has 0 amide bonds. The van der Waals surface area contributed by atoms with Gasteiger partial charge in [-0.25, -0.2) is 0 Å². The Balaban J connectivity index is 3.95. The number of allylic oxidation sites excluding steroid dienone is 3. The summed E-state index contributed by atoms with van der Waals surface area (Å²) in [7, 11) is 0. The maximum Gasteiger partial charge on any atom is 0.0272 e. The molecule has 0 radical (unpaired) electrons. The van der Waals surface area contributed by atoms with E-state index in [1.165, 1.54) is 0 Å². The number of rotatable bonds is 3. The van der Waals surface area contributed by atoms with Gasteiger partial charge in [0.25, 0.3) is 0 Å². The molecule has 0 aliphatic heterocycles. The van der Waals surface area contributed by atoms with Gasteiger partial charge in [0.1, 0.15) is 0 Å². The predicted octanol–water partition coefficient (Wildman–Crippen LogP) is 2.70. The molecular weight excluding hydrogens is 134 g/mol. The lowest BCUT2D eigenvalue weighted by Crippen LogP contribution is -1.96. The van der Waals surface area contributed by atoms with Crippen molar-refractivity contribution in [1.29, 1.82) is 0 Å². The summed E-state index contributed by atoms with van der Waals surface area (Å²) in [4.78, 5) is 0. The van der Waals surface area contributed by atoms with Gasteiger partial charge in [0.05, 0.1) is 0 Å². The van der Waals surface area contributed by atoms with Crippen molar-refractivity contribution in [3.63, 3.8) is 0 Å². The standard InChI is InChI=1S/C10H19N/c1-8(2)5-6-10(11)7-9(3)4/h5-9H,11H2,1-4H3/b6-5-,10-7+. The molecule has 0 unspecified atom stereocenters. The van der Waals surface area contributed by atoms with Gasteiger partial charge in [0.2, 0.25) is 0 Å². The molecule has 1 nitrogen and oxygen atoms in total. The van der Waals surface area contributed by atoms with Crippen LogP contribution in [0, 0.1) is 11.8 Å². The van der Waals surface area contributed by atoms with Crippen molar-refractivity contribution in [2.75, 3.05) is 0 Å². The van der Waals surface area contributed by atoms with E-state index in [2.05, 4.69) is 39.8 Å². The van der Waals surface area contributed by atoms with Crippen LogP contribution in [0.2, 0.25) is 0 Å². The summed E-state index contributed by atoms with van der Waals surface area (Å²) in [5, 5.41) is 0. The first-order chi connectivity index (χ1) is 5.02. The quantitative estimate of drug-likeness (QED) is 0.620. The molecule has 11 heavy (non-hydrogen) atoms. The molecule has 0 aromatic rings. The molecule has 1 heteroatoms. The van der Waals surface area contributed by atoms with Gasteiger partial charge in [0, 0.05) is 5.70 Å². The Bertz CT molecular complexity index is 152. The third kappa shape index (κ3) is 7.17. The Hall–Kier alpha value is -0.720. The van der Waals surface area contributed by atoms with Crippen LogP contribution in [0.25, 0.3) is 0 Å². The third-order valence-corrected chi connectivity index (χ3v) is 1.20. The zero-order valence-electron chi connectivity index (χ0n) is 7.96. The van der Waals surface area contributed by atoms with Crippen molar-refractivity contribution in [3.05, 3.63) is 23.9 Å². The van der Waals surface area contributed by atoms with Crippen molar-refractivity contribution in [1.82, 2.24) is 0 Å². The second-order valence-corrected chi connectivity index (χ2v) is 3.51. The average molecular weight is 153 g/mol. The fourth-order valence-corrected chi connectivity index (χ4v) is 0.744. The molecule has 2 N–H and O–H groups in total. The van der Waals surface area contributed by atoms with Crippen LogP contribution in [-0.2, 0) is 0 Å². The fourth-order valence-electron chi connectivity index (χ4n) is 0.744. The van der Waals surface area contributed by atoms with E-state index >= 15 is 0 Å². The van der Waals surface area contributed by atoms with Crippen LogP contribution in [0.3, 0.4) is 0 Å². The van der Waals surface area contributed by atoms with Gasteiger partial charge < -0.3 is 5.73 Å². The minimum absolute atomic E-state index is 0.534. The predicted molar refractivity (Wildman–Crippen MR) is 51.1 cm³/mol. The van der Waals surface area contributed by atoms with Crippen molar-refractivity contribution < 1.29 is 0 Å². The molecule has 0 saturated heterocycles. The highest BCUT2D eigenvalue weighted by atomic mass is 14.6. The molecule has 0 heterocycles. The minimum Gasteiger partial charge on any atom is -0.399 e. The largest absolute Gasteiger partial charge is 0.399 e. The van der Waals surface area contributed by atoms with E-state index in [1.54, 1.807) is 0 Å². The lowest BCUT2D eigenvalue weighted by molar-refractivity contribution is 0.816. The summed E-state index contributed by atoms with van der Waals surface area (Å²) in [5.74, 6) is 1.11. The summed E-state index contributed by atoms with van der Waals surface area (Å²) in [6.07, 6.45) is 6.14. The van der Waals surface area contributed by atoms with Crippen LogP contribution >= 0.6 is 0 Å². The van der Waals surface area contributed by atoms with E-state index in [0.29, 0.717) is 11.8 Å². The van der Waals surface area contributed by atoms with E-state index in [9.17, 15) is 0 Å². The second-order valence-electron chi connectivity index (χ2n) is 3.51. The van der Waals surface area contributed by atoms with Crippen LogP contribution in [0.1, 0.15) is 27.7 Å². The Morgan fingerprint density at radius 2 is 1.64 bits per heavy atom. The van der Waals surface area contributed by atoms with Gasteiger partial charge in [-0.3, -0.25) is 0 Å². The monoisotopic (exact) mass is 153 g/mol. The zero-order chi connectivity index (χ0) is 8.85. The summed E-state index contributed by atoms with van der Waals surface area (Å²) in [5.41, 5.74) is 6.57. The van der Waals surface area contributed by atoms with Crippen molar-refractivity contribution in [2.45, 2.75) is 27.7 Å². The van der Waals surface area contributed by atoms with E-state index in [0.717, 1.165) is 5.70 Å². The van der Waals surface area contributed by atoms with Crippen LogP contribution < -0.4 is 5.73 Å². The minimum atomic E-state index is 0.534. The first-order valence-electron chi connectivity index (χ1n) is 4.18. The molecule has 0 aliphatic carbocycles. The summed E-state index contributed by atoms with van der Waals surface area (Å²) in [6.45, 7) is 8.52. The number of nitrogens with two attached hydrogens (primary N) is 1. The molecule has 0 bridgehead atoms. The maximum absolute atomic E-state index is 5.70. The molecule has 0 aromatic carbocycles. The van der Waals surface area contributed by atoms with E-state index in [-0.39, 0.29) is 0 Å². The molecule has 0 atom stereocenters. The molecule has 64 valence electrons. The maximum atomic E-state index is 5.70. The smallest absolute Gasteiger partial charge is 0.0272 e. The van der Waals surface area contributed by atoms with Gasteiger partial charge in [-0.15, -0.1) is 0 Å². The van der Waals surface area contributed by atoms with Crippen LogP contribution in [-0.4, -0.2) is 0 Å². The highest BCUT2D eigenvalue weighted by Gasteiger charge is 1.88. The summed E-state index contributed by atoms with van der Waals surface area (Å²) < 4.78 is 0. The normalized spacial score (nSPS) is 13.8. The summed E-state index contributed by atoms with van der Waals surface area (Å²) >= 11 is 0. The van der Waals surface area contributed by atoms with Crippen LogP contribution in [0.5, 0.6) is 0 Å². The second kappa shape index (κ2) is 5.00. The molecule has 0 rings (SSSR count). The Morgan fingerprint density at radius 3 is 2.00 bits per heavy atom. The average Bonchev–Trinajstić information content (AvgIpc) is 1.82. The van der Waals surface area contributed by atoms with E-state index in [4.69, 9.17) is 5.73 Å². The molecule has 0 aromatic heterocycles. The van der Waals surface area contributed by atoms with Crippen LogP contribution in [0.15, 0.2) is 23.9 Å². The zero-order valence-corrected chi connectivity index (χ0v) is 7.96. The SMILES string of the molecule is CC(C)/C=C\C(N)=C/C(C)C. The van der Waals surface area contributed by atoms with Gasteiger partial charge in [-0.2, -0.15) is 0 Å². The Kier molecular flexibility index (Phi) is 4.67. The van der Waals surface area contributed by atoms with Gasteiger partial charge in [-0.1, -0.05) is 39.8 Å². The lowest BCUT2D eigenvalue weighted by Gasteiger charge is -1.98. The van der Waals surface area contributed by atoms with E-state index in [1.807, 2.05) is 6.08 Å². The molecule has 0 fully saturated rings. The Morgan fingerprint density at radius 1 is 1.09 bits per heavy atom. The van der Waals surface area contributed by atoms with Crippen molar-refractivity contribution in [3.8, 4) is 0 Å². The highest BCUT2D eigenvalue weighted by molar-refractivity contribution is 5.15. The lowest BCUT2D eigenvalue weighted by atomic mass is 10.1. The third-order valence-electron chi connectivity index (χ3n) is 1.20. The van der Waals surface area contributed by atoms with Gasteiger partial charge in [-0.05, 0) is 17.9 Å². The molecule has 0 aliphatic rings. The number of hydrogen-bond acceptors (Lipinski definition) is 1. The van der Waals surface area contributed by atoms with Crippen LogP contribution in [0.4, 0.5) is 0 Å². The molecule has 0 spiro atoms. The molecular formula is C10H19N. The van der Waals surface area contributed by atoms with Gasteiger partial charge in [0.15, 0.2) is 0 Å². The summed E-state index contributed by atoms with van der Waals surface area (Å²) in [6, 6.07) is 0. The van der Waals surface area contributed by atoms with Crippen molar-refractivity contribution >= 4 is 0 Å². The number of hydrogen-bond donors (Lipinski definition) is 1. The highest BCUT2D eigenvalue weighted by Crippen LogP contribution is 2.00. The van der Waals surface area contributed by atoms with Crippen molar-refractivity contribution in [2.24, 2.45) is 17.6 Å². The topological polar surface area (TPSA) is 26.0 Å². The molecule has 0 saturated carbocycles. The first-order valence-corrected chi connectivity index (χ1v) is 4.18. The fraction of sp³-hybridized carbons (Fsp3) is 0.600. The Labute approximate surface area is 70.0 Å². The first kappa shape index (κ1) is 10.3.